The lowest BCUT2D eigenvalue weighted by Crippen LogP contribution is -2.18. The number of hydrogen-bond donors (Lipinski definition) is 1. The lowest BCUT2D eigenvalue weighted by molar-refractivity contribution is -0.113. The molecule has 1 aromatic carbocycles. The number of nitrogens with zero attached hydrogens (tertiary/aromatic N) is 4. The van der Waals surface area contributed by atoms with Crippen molar-refractivity contribution in [3.63, 3.8) is 0 Å². The topological polar surface area (TPSA) is 81.9 Å². The van der Waals surface area contributed by atoms with E-state index < -0.39 is 0 Å². The van der Waals surface area contributed by atoms with Crippen LogP contribution in [-0.4, -0.2) is 44.1 Å². The fourth-order valence-electron chi connectivity index (χ4n) is 3.23. The van der Waals surface area contributed by atoms with E-state index in [1.54, 1.807) is 12.4 Å². The summed E-state index contributed by atoms with van der Waals surface area (Å²) in [6.07, 6.45) is 5.71. The zero-order valence-corrected chi connectivity index (χ0v) is 17.1. The number of benzene rings is 1. The molecule has 0 bridgehead atoms. The molecule has 0 saturated carbocycles. The summed E-state index contributed by atoms with van der Waals surface area (Å²) in [5, 5.41) is 12.4. The van der Waals surface area contributed by atoms with Crippen LogP contribution in [0, 0.1) is 6.92 Å². The Morgan fingerprint density at radius 2 is 2.00 bits per heavy atom. The van der Waals surface area contributed by atoms with Crippen LogP contribution in [0.1, 0.15) is 18.4 Å². The summed E-state index contributed by atoms with van der Waals surface area (Å²) in [6, 6.07) is 11.6. The molecule has 29 heavy (non-hydrogen) atoms. The van der Waals surface area contributed by atoms with Crippen LogP contribution >= 0.6 is 11.8 Å². The molecule has 4 rings (SSSR count). The van der Waals surface area contributed by atoms with E-state index in [0.717, 1.165) is 42.1 Å². The minimum atomic E-state index is -0.0732. The molecular weight excluding hydrogens is 386 g/mol. The smallest absolute Gasteiger partial charge is 0.234 e. The molecular formula is C21H23N5O2S. The van der Waals surface area contributed by atoms with Crippen molar-refractivity contribution in [3.05, 3.63) is 54.4 Å². The third kappa shape index (κ3) is 5.02. The van der Waals surface area contributed by atoms with E-state index in [2.05, 4.69) is 25.1 Å². The SMILES string of the molecule is Cc1ccc(NC(=O)CSc2nnc(-c3ccncc3)n2CC2CCCO2)cc1. The van der Waals surface area contributed by atoms with Crippen molar-refractivity contribution in [2.24, 2.45) is 0 Å². The number of nitrogens with one attached hydrogen (secondary N) is 1. The van der Waals surface area contributed by atoms with Gasteiger partial charge in [-0.15, -0.1) is 10.2 Å². The van der Waals surface area contributed by atoms with Crippen LogP contribution in [0.2, 0.25) is 0 Å². The van der Waals surface area contributed by atoms with Gasteiger partial charge in [0.25, 0.3) is 0 Å². The van der Waals surface area contributed by atoms with Crippen LogP contribution < -0.4 is 5.32 Å². The summed E-state index contributed by atoms with van der Waals surface area (Å²) in [5.41, 5.74) is 2.89. The van der Waals surface area contributed by atoms with Gasteiger partial charge in [0.15, 0.2) is 11.0 Å². The largest absolute Gasteiger partial charge is 0.376 e. The predicted molar refractivity (Wildman–Crippen MR) is 113 cm³/mol. The average molecular weight is 410 g/mol. The van der Waals surface area contributed by atoms with E-state index in [0.29, 0.717) is 11.7 Å². The van der Waals surface area contributed by atoms with Gasteiger partial charge in [-0.3, -0.25) is 14.3 Å². The van der Waals surface area contributed by atoms with E-state index in [4.69, 9.17) is 4.74 Å². The fourth-order valence-corrected chi connectivity index (χ4v) is 3.98. The van der Waals surface area contributed by atoms with Gasteiger partial charge in [0.1, 0.15) is 0 Å². The highest BCUT2D eigenvalue weighted by atomic mass is 32.2. The number of aryl methyl sites for hydroxylation is 1. The van der Waals surface area contributed by atoms with Gasteiger partial charge in [0, 0.05) is 30.3 Å². The molecule has 3 heterocycles. The van der Waals surface area contributed by atoms with E-state index in [9.17, 15) is 4.79 Å². The lowest BCUT2D eigenvalue weighted by Gasteiger charge is -2.14. The third-order valence-corrected chi connectivity index (χ3v) is 5.70. The highest BCUT2D eigenvalue weighted by Gasteiger charge is 2.22. The van der Waals surface area contributed by atoms with Crippen molar-refractivity contribution in [1.29, 1.82) is 0 Å². The maximum atomic E-state index is 12.4. The second-order valence-electron chi connectivity index (χ2n) is 6.99. The van der Waals surface area contributed by atoms with Crippen LogP contribution in [0.5, 0.6) is 0 Å². The van der Waals surface area contributed by atoms with E-state index in [1.165, 1.54) is 11.8 Å². The van der Waals surface area contributed by atoms with Crippen LogP contribution in [0.15, 0.2) is 53.9 Å². The first kappa shape index (κ1) is 19.6. The van der Waals surface area contributed by atoms with Gasteiger partial charge in [0.2, 0.25) is 5.91 Å². The van der Waals surface area contributed by atoms with Crippen molar-refractivity contribution < 1.29 is 9.53 Å². The quantitative estimate of drug-likeness (QED) is 0.601. The first-order valence-electron chi connectivity index (χ1n) is 9.63. The van der Waals surface area contributed by atoms with E-state index >= 15 is 0 Å². The van der Waals surface area contributed by atoms with Crippen LogP contribution in [0.3, 0.4) is 0 Å². The van der Waals surface area contributed by atoms with Crippen LogP contribution in [0.25, 0.3) is 11.4 Å². The number of carbonyl (C=O) groups excluding carboxylic acids is 1. The minimum Gasteiger partial charge on any atom is -0.376 e. The molecule has 150 valence electrons. The Labute approximate surface area is 173 Å². The average Bonchev–Trinajstić information content (AvgIpc) is 3.39. The molecule has 0 radical (unpaired) electrons. The number of aromatic nitrogens is 4. The number of hydrogen-bond acceptors (Lipinski definition) is 6. The summed E-state index contributed by atoms with van der Waals surface area (Å²) >= 11 is 1.38. The summed E-state index contributed by atoms with van der Waals surface area (Å²) < 4.78 is 7.86. The molecule has 1 aliphatic rings. The Kier molecular flexibility index (Phi) is 6.21. The number of anilines is 1. The molecule has 1 atom stereocenters. The second-order valence-corrected chi connectivity index (χ2v) is 7.93. The minimum absolute atomic E-state index is 0.0732. The monoisotopic (exact) mass is 409 g/mol. The van der Waals surface area contributed by atoms with Gasteiger partial charge in [-0.25, -0.2) is 0 Å². The van der Waals surface area contributed by atoms with Gasteiger partial charge in [0.05, 0.1) is 18.4 Å². The van der Waals surface area contributed by atoms with Crippen molar-refractivity contribution in [2.75, 3.05) is 17.7 Å². The molecule has 1 N–H and O–H groups in total. The number of ether oxygens (including phenoxy) is 1. The predicted octanol–water partition coefficient (Wildman–Crippen LogP) is 3.56. The number of rotatable bonds is 7. The van der Waals surface area contributed by atoms with Gasteiger partial charge in [-0.2, -0.15) is 0 Å². The Morgan fingerprint density at radius 3 is 2.72 bits per heavy atom. The molecule has 1 unspecified atom stereocenters. The number of amides is 1. The molecule has 3 aromatic rings. The van der Waals surface area contributed by atoms with Crippen molar-refractivity contribution in [1.82, 2.24) is 19.7 Å². The molecule has 1 fully saturated rings. The lowest BCUT2D eigenvalue weighted by atomic mass is 10.2. The number of pyridine rings is 1. The van der Waals surface area contributed by atoms with Gasteiger partial charge in [-0.1, -0.05) is 29.5 Å². The molecule has 1 amide bonds. The molecule has 2 aromatic heterocycles. The first-order chi connectivity index (χ1) is 14.2. The normalized spacial score (nSPS) is 16.1. The fraction of sp³-hybridized carbons (Fsp3) is 0.333. The van der Waals surface area contributed by atoms with Crippen molar-refractivity contribution in [3.8, 4) is 11.4 Å². The molecule has 0 aliphatic carbocycles. The van der Waals surface area contributed by atoms with Crippen LogP contribution in [0.4, 0.5) is 5.69 Å². The Morgan fingerprint density at radius 1 is 1.21 bits per heavy atom. The zero-order chi connectivity index (χ0) is 20.1. The standard InChI is InChI=1S/C21H23N5O2S/c1-15-4-6-17(7-5-15)23-19(27)14-29-21-25-24-20(16-8-10-22-11-9-16)26(21)13-18-3-2-12-28-18/h4-11,18H,2-3,12-14H2,1H3,(H,23,27). The van der Waals surface area contributed by atoms with E-state index in [-0.39, 0.29) is 17.8 Å². The van der Waals surface area contributed by atoms with Gasteiger partial charge >= 0.3 is 0 Å². The highest BCUT2D eigenvalue weighted by molar-refractivity contribution is 7.99. The maximum absolute atomic E-state index is 12.4. The molecule has 0 spiro atoms. The Bertz CT molecular complexity index is 953. The van der Waals surface area contributed by atoms with Crippen molar-refractivity contribution >= 4 is 23.4 Å². The maximum Gasteiger partial charge on any atom is 0.234 e. The molecule has 1 saturated heterocycles. The molecule has 1 aliphatic heterocycles. The van der Waals surface area contributed by atoms with Gasteiger partial charge in [-0.05, 0) is 44.0 Å². The number of carbonyl (C=O) groups is 1. The van der Waals surface area contributed by atoms with E-state index in [1.807, 2.05) is 43.3 Å². The van der Waals surface area contributed by atoms with Crippen molar-refractivity contribution in [2.45, 2.75) is 37.6 Å². The summed E-state index contributed by atoms with van der Waals surface area (Å²) in [7, 11) is 0. The Balaban J connectivity index is 1.47. The number of thioether (sulfide) groups is 1. The summed E-state index contributed by atoms with van der Waals surface area (Å²) in [4.78, 5) is 16.5. The zero-order valence-electron chi connectivity index (χ0n) is 16.2. The molecule has 7 nitrogen and oxygen atoms in total. The third-order valence-electron chi connectivity index (χ3n) is 4.73. The second kappa shape index (κ2) is 9.19. The summed E-state index contributed by atoms with van der Waals surface area (Å²) in [5.74, 6) is 0.953. The summed E-state index contributed by atoms with van der Waals surface area (Å²) in [6.45, 7) is 3.48. The molecule has 8 heteroatoms. The first-order valence-corrected chi connectivity index (χ1v) is 10.6. The Hall–Kier alpha value is -2.71. The van der Waals surface area contributed by atoms with Gasteiger partial charge < -0.3 is 10.1 Å². The van der Waals surface area contributed by atoms with Crippen LogP contribution in [-0.2, 0) is 16.1 Å². The highest BCUT2D eigenvalue weighted by Crippen LogP contribution is 2.26.